The molecule has 0 bridgehead atoms. The Balaban J connectivity index is 0.000000110. The Morgan fingerprint density at radius 1 is 0.263 bits per heavy atom. The number of hydrogen-bond donors (Lipinski definition) is 10. The summed E-state index contributed by atoms with van der Waals surface area (Å²) in [5, 5.41) is 7.32. The van der Waals surface area contributed by atoms with E-state index >= 15 is 0 Å². The van der Waals surface area contributed by atoms with E-state index in [1.165, 1.54) is 77.7 Å². The molecule has 0 unspecified atom stereocenters. The third-order valence-electron chi connectivity index (χ3n) is 24.4. The second-order valence-electron chi connectivity index (χ2n) is 38.0. The average molecular weight is 1880 g/mol. The van der Waals surface area contributed by atoms with Crippen LogP contribution in [0.5, 0.6) is 0 Å². The van der Waals surface area contributed by atoms with E-state index in [4.69, 9.17) is 15.0 Å². The van der Waals surface area contributed by atoms with E-state index in [9.17, 15) is 0 Å². The van der Waals surface area contributed by atoms with Crippen LogP contribution in [0.3, 0.4) is 0 Å². The lowest BCUT2D eigenvalue weighted by molar-refractivity contribution is 0.793. The van der Waals surface area contributed by atoms with Gasteiger partial charge in [-0.05, 0) is 169 Å². The number of H-pyrrole nitrogens is 10. The predicted molar refractivity (Wildman–Crippen MR) is 574 cm³/mol. The maximum atomic E-state index is 4.76. The van der Waals surface area contributed by atoms with Gasteiger partial charge in [-0.25, -0.2) is 49.8 Å². The van der Waals surface area contributed by atoms with Crippen LogP contribution in [0.2, 0.25) is 0 Å². The molecule has 0 spiro atoms. The Kier molecular flexibility index (Phi) is 25.9. The Labute approximate surface area is 812 Å². The van der Waals surface area contributed by atoms with Crippen LogP contribution >= 0.6 is 45.3 Å². The standard InChI is InChI=1S/3C24H24N4S.C21H20N4.C20H20N4S/c2*1-13(2)23-25-12-20(28-23)15-5-7-16(8-6-15)21-10-17-9-18-19(11-22(17)29-21)27-24(26-18)14(3)4;1-13(2)22-25-12-19(26-22)16-7-5-15(6-8-16)17-9-10-18-20(11-17)29-24-21(18)27-23(28-24)14(3)4;1-4-20-24-18-10-15-7-5-14(9-16(15)11-19(18)25-20)6-8-17-12-22-21(23-17)13(2)3;1-11(2)19-21-10-14(22-19)5-6-15-7-13-8-16-17(9-18(13)25-15)24-20(23-16)12(3)4/h2*5-14H,1-4H3,(H,25,28)(H,26,27);5-14H,1-4H3,(H,25,26)(H,27,28);5,7,9-13H,4H2,1-3H3,(H,22,23)(H,24,25);7-12H,1-4H3,(H,21,22)(H,23,24). The largest absolute Gasteiger partial charge is 0.342 e. The Morgan fingerprint density at radius 3 is 1.08 bits per heavy atom. The number of benzene rings is 9. The minimum absolute atomic E-state index is 0.376. The number of rotatable bonds is 16. The molecule has 14 heterocycles. The first-order valence-corrected chi connectivity index (χ1v) is 50.6. The first-order valence-electron chi connectivity index (χ1n) is 47.3. The molecule has 0 amide bonds. The zero-order valence-electron chi connectivity index (χ0n) is 80.6. The van der Waals surface area contributed by atoms with Gasteiger partial charge in [-0.15, -0.1) is 45.3 Å². The van der Waals surface area contributed by atoms with Gasteiger partial charge in [0.25, 0.3) is 0 Å². The Bertz CT molecular complexity index is 7910. The van der Waals surface area contributed by atoms with Crippen molar-refractivity contribution in [2.24, 2.45) is 0 Å². The molecular formula is C113H112N20S4. The predicted octanol–water partition coefficient (Wildman–Crippen LogP) is 30.9. The minimum Gasteiger partial charge on any atom is -0.342 e. The van der Waals surface area contributed by atoms with E-state index in [2.05, 4.69) is 410 Å². The monoisotopic (exact) mass is 1880 g/mol. The summed E-state index contributed by atoms with van der Waals surface area (Å²) in [6.07, 6.45) is 10.3. The van der Waals surface area contributed by atoms with Crippen molar-refractivity contribution in [3.05, 3.63) is 287 Å². The van der Waals surface area contributed by atoms with Crippen molar-refractivity contribution in [2.45, 2.75) is 191 Å². The number of nitrogens with one attached hydrogen (secondary N) is 10. The number of thiophene rings is 4. The summed E-state index contributed by atoms with van der Waals surface area (Å²) in [5.74, 6) is 26.6. The van der Waals surface area contributed by atoms with Gasteiger partial charge < -0.3 is 49.8 Å². The fourth-order valence-corrected chi connectivity index (χ4v) is 20.5. The second-order valence-corrected chi connectivity index (χ2v) is 42.3. The molecule has 0 atom stereocenters. The molecule has 0 aliphatic rings. The first-order chi connectivity index (χ1) is 66.0. The highest BCUT2D eigenvalue weighted by Crippen LogP contribution is 2.42. The highest BCUT2D eigenvalue weighted by atomic mass is 32.1. The van der Waals surface area contributed by atoms with Crippen molar-refractivity contribution in [2.75, 3.05) is 0 Å². The number of aromatic nitrogens is 20. The van der Waals surface area contributed by atoms with E-state index in [1.54, 1.807) is 35.1 Å². The Hall–Kier alpha value is -14.4. The number of imidazole rings is 10. The van der Waals surface area contributed by atoms with Gasteiger partial charge in [0.2, 0.25) is 0 Å². The van der Waals surface area contributed by atoms with E-state index in [0.29, 0.717) is 53.3 Å². The van der Waals surface area contributed by atoms with Crippen molar-refractivity contribution in [1.82, 2.24) is 99.7 Å². The summed E-state index contributed by atoms with van der Waals surface area (Å²) >= 11 is 7.10. The van der Waals surface area contributed by atoms with Gasteiger partial charge in [0.05, 0.1) is 103 Å². The summed E-state index contributed by atoms with van der Waals surface area (Å²) in [5.41, 5.74) is 24.0. The third-order valence-corrected chi connectivity index (χ3v) is 28.8. The maximum absolute atomic E-state index is 4.76. The molecule has 23 aromatic rings. The number of aromatic amines is 10. The van der Waals surface area contributed by atoms with E-state index in [0.717, 1.165) is 180 Å². The number of hydrogen-bond acceptors (Lipinski definition) is 14. The molecule has 0 saturated carbocycles. The summed E-state index contributed by atoms with van der Waals surface area (Å²) in [6, 6.07) is 63.2. The molecular weight excluding hydrogens is 1770 g/mol. The van der Waals surface area contributed by atoms with E-state index in [-0.39, 0.29) is 0 Å². The highest BCUT2D eigenvalue weighted by Gasteiger charge is 2.20. The molecule has 20 nitrogen and oxygen atoms in total. The van der Waals surface area contributed by atoms with Crippen LogP contribution in [-0.2, 0) is 6.42 Å². The van der Waals surface area contributed by atoms with E-state index < -0.39 is 0 Å². The van der Waals surface area contributed by atoms with Gasteiger partial charge in [0.1, 0.15) is 74.5 Å². The maximum Gasteiger partial charge on any atom is 0.142 e. The van der Waals surface area contributed by atoms with Gasteiger partial charge in [0, 0.05) is 99.2 Å². The topological polar surface area (TPSA) is 287 Å². The van der Waals surface area contributed by atoms with Crippen LogP contribution < -0.4 is 0 Å². The molecule has 24 heteroatoms. The molecule has 0 saturated heterocycles. The van der Waals surface area contributed by atoms with Crippen LogP contribution in [0.1, 0.15) is 265 Å². The number of fused-ring (bicyclic) bond motifs is 11. The zero-order valence-corrected chi connectivity index (χ0v) is 83.9. The van der Waals surface area contributed by atoms with Gasteiger partial charge in [-0.2, -0.15) is 0 Å². The van der Waals surface area contributed by atoms with Gasteiger partial charge >= 0.3 is 0 Å². The minimum atomic E-state index is 0.376. The van der Waals surface area contributed by atoms with Crippen molar-refractivity contribution in [1.29, 1.82) is 0 Å². The molecule has 0 fully saturated rings. The fraction of sp³-hybridized carbons (Fsp3) is 0.257. The van der Waals surface area contributed by atoms with Crippen LogP contribution in [0.4, 0.5) is 0 Å². The van der Waals surface area contributed by atoms with Crippen molar-refractivity contribution in [3.8, 4) is 89.5 Å². The molecule has 9 aromatic carbocycles. The SMILES string of the molecule is CC(C)c1ncc(-c2ccc(-c3cc4cc5[nH]c(C(C)C)nc5cc4s3)cc2)[nH]1.CC(C)c1ncc(-c2ccc(-c3cc4cc5[nH]c(C(C)C)nc5cc4s3)cc2)[nH]1.CC(C)c1ncc(-c2ccc(-c3ccc4c(c3)sc3nc(C(C)C)[nH]c34)cc2)[nH]1.CC(C)c1ncc(C#Cc2cc3cc4[nH]c(C(C)C)nc4cc3s2)[nH]1.CCc1nc2cc3ccc(C#Cc4cnc(C(C)C)[nH]4)cc3cc2[nH]1. The van der Waals surface area contributed by atoms with Crippen molar-refractivity contribution < 1.29 is 0 Å². The van der Waals surface area contributed by atoms with Gasteiger partial charge in [0.15, 0.2) is 0 Å². The number of nitrogens with zero attached hydrogens (tertiary/aromatic N) is 10. The van der Waals surface area contributed by atoms with Crippen molar-refractivity contribution >= 4 is 151 Å². The summed E-state index contributed by atoms with van der Waals surface area (Å²) in [4.78, 5) is 84.3. The van der Waals surface area contributed by atoms with Crippen molar-refractivity contribution in [3.63, 3.8) is 0 Å². The van der Waals surface area contributed by atoms with Crippen LogP contribution in [-0.4, -0.2) is 99.7 Å². The summed E-state index contributed by atoms with van der Waals surface area (Å²) < 4.78 is 5.03. The van der Waals surface area contributed by atoms with Crippen LogP contribution in [0.25, 0.3) is 171 Å². The summed E-state index contributed by atoms with van der Waals surface area (Å²) in [6.45, 7) is 40.7. The van der Waals surface area contributed by atoms with Gasteiger partial charge in [-0.1, -0.05) is 228 Å². The quantitative estimate of drug-likeness (QED) is 0.0408. The molecule has 23 rings (SSSR count). The molecule has 10 N–H and O–H groups in total. The third kappa shape index (κ3) is 20.0. The number of aryl methyl sites for hydroxylation is 1. The normalized spacial score (nSPS) is 11.8. The lowest BCUT2D eigenvalue weighted by Gasteiger charge is -2.05. The smallest absolute Gasteiger partial charge is 0.142 e. The molecule has 137 heavy (non-hydrogen) atoms. The Morgan fingerprint density at radius 2 is 0.642 bits per heavy atom. The second kappa shape index (κ2) is 38.8. The van der Waals surface area contributed by atoms with Crippen LogP contribution in [0, 0.1) is 23.7 Å². The molecule has 0 aliphatic heterocycles. The molecule has 0 radical (unpaired) electrons. The van der Waals surface area contributed by atoms with Gasteiger partial charge in [-0.3, -0.25) is 0 Å². The lowest BCUT2D eigenvalue weighted by Crippen LogP contribution is -1.89. The molecule has 0 aliphatic carbocycles. The highest BCUT2D eigenvalue weighted by molar-refractivity contribution is 7.25. The molecule has 688 valence electrons. The molecule has 14 aromatic heterocycles. The van der Waals surface area contributed by atoms with E-state index in [1.807, 2.05) is 47.3 Å². The fourth-order valence-electron chi connectivity index (χ4n) is 16.4. The summed E-state index contributed by atoms with van der Waals surface area (Å²) in [7, 11) is 0. The zero-order chi connectivity index (χ0) is 95.3. The lowest BCUT2D eigenvalue weighted by atomic mass is 10.0. The first kappa shape index (κ1) is 91.7. The van der Waals surface area contributed by atoms with Crippen LogP contribution in [0.15, 0.2) is 207 Å². The average Bonchev–Trinajstić information content (AvgIpc) is 1.60.